The molecule has 3 nitrogen and oxygen atoms in total. The summed E-state index contributed by atoms with van der Waals surface area (Å²) in [5.74, 6) is 0.447. The van der Waals surface area contributed by atoms with Crippen molar-refractivity contribution in [3.05, 3.63) is 87.1 Å². The van der Waals surface area contributed by atoms with Gasteiger partial charge in [-0.3, -0.25) is 4.79 Å². The lowest BCUT2D eigenvalue weighted by molar-refractivity contribution is -0.123. The summed E-state index contributed by atoms with van der Waals surface area (Å²) in [5.41, 5.74) is 2.33. The van der Waals surface area contributed by atoms with Gasteiger partial charge in [-0.05, 0) is 53.3 Å². The maximum Gasteiger partial charge on any atom is 0.258 e. The van der Waals surface area contributed by atoms with Crippen LogP contribution >= 0.6 is 22.9 Å². The number of benzene rings is 2. The van der Waals surface area contributed by atoms with Gasteiger partial charge in [-0.25, -0.2) is 0 Å². The van der Waals surface area contributed by atoms with Crippen LogP contribution in [0.5, 0.6) is 5.75 Å². The summed E-state index contributed by atoms with van der Waals surface area (Å²) in [6.45, 7) is 2.08. The number of amides is 1. The largest absolute Gasteiger partial charge is 0.484 e. The van der Waals surface area contributed by atoms with Crippen molar-refractivity contribution in [1.82, 2.24) is 5.32 Å². The number of nitrogens with one attached hydrogen (secondary N) is 1. The molecule has 0 aliphatic carbocycles. The van der Waals surface area contributed by atoms with Crippen LogP contribution in [0.2, 0.25) is 5.02 Å². The van der Waals surface area contributed by atoms with Gasteiger partial charge in [0.05, 0.1) is 6.04 Å². The topological polar surface area (TPSA) is 38.3 Å². The van der Waals surface area contributed by atoms with Crippen LogP contribution in [0.25, 0.3) is 0 Å². The number of halogens is 1. The number of carbonyl (C=O) groups is 1. The molecule has 1 N–H and O–H groups in total. The van der Waals surface area contributed by atoms with Crippen molar-refractivity contribution in [2.45, 2.75) is 19.4 Å². The van der Waals surface area contributed by atoms with Crippen LogP contribution in [-0.4, -0.2) is 12.5 Å². The molecule has 0 aliphatic heterocycles. The molecule has 0 spiro atoms. The van der Waals surface area contributed by atoms with Crippen LogP contribution in [0.15, 0.2) is 66.0 Å². The fourth-order valence-corrected chi connectivity index (χ4v) is 3.53. The van der Waals surface area contributed by atoms with Crippen LogP contribution in [-0.2, 0) is 11.2 Å². The van der Waals surface area contributed by atoms with Crippen molar-refractivity contribution >= 4 is 28.8 Å². The second-order valence-electron chi connectivity index (χ2n) is 5.85. The Labute approximate surface area is 162 Å². The van der Waals surface area contributed by atoms with E-state index in [1.807, 2.05) is 17.5 Å². The highest BCUT2D eigenvalue weighted by atomic mass is 35.5. The first kappa shape index (κ1) is 18.5. The molecule has 0 saturated carbocycles. The average molecular weight is 386 g/mol. The Morgan fingerprint density at radius 3 is 2.46 bits per heavy atom. The van der Waals surface area contributed by atoms with E-state index in [4.69, 9.17) is 16.3 Å². The van der Waals surface area contributed by atoms with Crippen molar-refractivity contribution in [2.24, 2.45) is 0 Å². The molecule has 0 radical (unpaired) electrons. The normalized spacial score (nSPS) is 11.8. The SMILES string of the molecule is CCc1ccc([C@@H](NC(=O)COc2ccc(Cl)cc2)c2cccs2)cc1. The van der Waals surface area contributed by atoms with Crippen LogP contribution < -0.4 is 10.1 Å². The standard InChI is InChI=1S/C21H20ClNO2S/c1-2-15-5-7-16(8-6-15)21(19-4-3-13-26-19)23-20(24)14-25-18-11-9-17(22)10-12-18/h3-13,21H,2,14H2,1H3,(H,23,24)/t21-/m1/s1. The van der Waals surface area contributed by atoms with E-state index in [1.54, 1.807) is 35.6 Å². The molecule has 5 heteroatoms. The Bertz CT molecular complexity index is 829. The van der Waals surface area contributed by atoms with Crippen LogP contribution in [0.3, 0.4) is 0 Å². The lowest BCUT2D eigenvalue weighted by atomic mass is 10.0. The zero-order valence-electron chi connectivity index (χ0n) is 14.4. The molecule has 0 saturated heterocycles. The summed E-state index contributed by atoms with van der Waals surface area (Å²) < 4.78 is 5.55. The van der Waals surface area contributed by atoms with Gasteiger partial charge in [0.2, 0.25) is 0 Å². The van der Waals surface area contributed by atoms with Gasteiger partial charge < -0.3 is 10.1 Å². The number of aryl methyl sites for hydroxylation is 1. The molecule has 3 aromatic rings. The molecule has 1 atom stereocenters. The number of rotatable bonds is 7. The molecule has 1 aromatic heterocycles. The predicted molar refractivity (Wildman–Crippen MR) is 107 cm³/mol. The Balaban J connectivity index is 1.69. The highest BCUT2D eigenvalue weighted by molar-refractivity contribution is 7.10. The first-order valence-electron chi connectivity index (χ1n) is 8.45. The minimum Gasteiger partial charge on any atom is -0.484 e. The summed E-state index contributed by atoms with van der Waals surface area (Å²) in [6, 6.07) is 19.2. The van der Waals surface area contributed by atoms with E-state index in [2.05, 4.69) is 36.5 Å². The molecule has 26 heavy (non-hydrogen) atoms. The summed E-state index contributed by atoms with van der Waals surface area (Å²) >= 11 is 7.48. The molecule has 134 valence electrons. The Morgan fingerprint density at radius 1 is 1.12 bits per heavy atom. The Kier molecular flexibility index (Phi) is 6.31. The Hall–Kier alpha value is -2.30. The fraction of sp³-hybridized carbons (Fsp3) is 0.190. The summed E-state index contributed by atoms with van der Waals surface area (Å²) in [6.07, 6.45) is 0.991. The number of hydrogen-bond acceptors (Lipinski definition) is 3. The van der Waals surface area contributed by atoms with Crippen LogP contribution in [0, 0.1) is 0 Å². The lowest BCUT2D eigenvalue weighted by Gasteiger charge is -2.19. The summed E-state index contributed by atoms with van der Waals surface area (Å²) in [7, 11) is 0. The van der Waals surface area contributed by atoms with Gasteiger partial charge in [0.25, 0.3) is 5.91 Å². The van der Waals surface area contributed by atoms with E-state index >= 15 is 0 Å². The lowest BCUT2D eigenvalue weighted by Crippen LogP contribution is -2.32. The highest BCUT2D eigenvalue weighted by Gasteiger charge is 2.18. The molecule has 1 heterocycles. The van der Waals surface area contributed by atoms with Gasteiger partial charge in [-0.15, -0.1) is 11.3 Å². The number of thiophene rings is 1. The minimum absolute atomic E-state index is 0.0451. The highest BCUT2D eigenvalue weighted by Crippen LogP contribution is 2.26. The van der Waals surface area contributed by atoms with Crippen LogP contribution in [0.1, 0.15) is 29.0 Å². The maximum atomic E-state index is 12.4. The van der Waals surface area contributed by atoms with Crippen molar-refractivity contribution in [2.75, 3.05) is 6.61 Å². The number of carbonyl (C=O) groups excluding carboxylic acids is 1. The average Bonchev–Trinajstić information content (AvgIpc) is 3.20. The second-order valence-corrected chi connectivity index (χ2v) is 7.27. The van der Waals surface area contributed by atoms with Crippen molar-refractivity contribution < 1.29 is 9.53 Å². The quantitative estimate of drug-likeness (QED) is 0.603. The Morgan fingerprint density at radius 2 is 1.85 bits per heavy atom. The van der Waals surface area contributed by atoms with Gasteiger partial charge in [-0.1, -0.05) is 48.9 Å². The second kappa shape index (κ2) is 8.88. The molecular formula is C21H20ClNO2S. The van der Waals surface area contributed by atoms with E-state index in [-0.39, 0.29) is 18.6 Å². The molecular weight excluding hydrogens is 366 g/mol. The third kappa shape index (κ3) is 4.87. The first-order valence-corrected chi connectivity index (χ1v) is 9.71. The zero-order valence-corrected chi connectivity index (χ0v) is 16.0. The molecule has 0 aliphatic rings. The first-order chi connectivity index (χ1) is 12.7. The number of ether oxygens (including phenoxy) is 1. The zero-order chi connectivity index (χ0) is 18.4. The monoisotopic (exact) mass is 385 g/mol. The smallest absolute Gasteiger partial charge is 0.258 e. The van der Waals surface area contributed by atoms with Crippen molar-refractivity contribution in [3.63, 3.8) is 0 Å². The maximum absolute atomic E-state index is 12.4. The fourth-order valence-electron chi connectivity index (χ4n) is 2.60. The third-order valence-electron chi connectivity index (χ3n) is 4.04. The summed E-state index contributed by atoms with van der Waals surface area (Å²) in [5, 5.41) is 5.72. The number of hydrogen-bond donors (Lipinski definition) is 1. The van der Waals surface area contributed by atoms with Gasteiger partial charge in [-0.2, -0.15) is 0 Å². The molecule has 0 fully saturated rings. The van der Waals surface area contributed by atoms with E-state index in [0.29, 0.717) is 10.8 Å². The molecule has 0 bridgehead atoms. The molecule has 3 rings (SSSR count). The third-order valence-corrected chi connectivity index (χ3v) is 5.23. The van der Waals surface area contributed by atoms with Gasteiger partial charge in [0.1, 0.15) is 5.75 Å². The van der Waals surface area contributed by atoms with Crippen molar-refractivity contribution in [3.8, 4) is 5.75 Å². The minimum atomic E-state index is -0.178. The predicted octanol–water partition coefficient (Wildman–Crippen LogP) is 5.25. The van der Waals surface area contributed by atoms with Crippen molar-refractivity contribution in [1.29, 1.82) is 0 Å². The van der Waals surface area contributed by atoms with Gasteiger partial charge >= 0.3 is 0 Å². The van der Waals surface area contributed by atoms with E-state index in [0.717, 1.165) is 16.9 Å². The summed E-state index contributed by atoms with van der Waals surface area (Å²) in [4.78, 5) is 13.5. The van der Waals surface area contributed by atoms with Gasteiger partial charge in [0.15, 0.2) is 6.61 Å². The van der Waals surface area contributed by atoms with Gasteiger partial charge in [0, 0.05) is 9.90 Å². The molecule has 2 aromatic carbocycles. The van der Waals surface area contributed by atoms with Crippen LogP contribution in [0.4, 0.5) is 0 Å². The van der Waals surface area contributed by atoms with E-state index in [9.17, 15) is 4.79 Å². The van der Waals surface area contributed by atoms with E-state index in [1.165, 1.54) is 5.56 Å². The molecule has 1 amide bonds. The molecule has 0 unspecified atom stereocenters. The van der Waals surface area contributed by atoms with E-state index < -0.39 is 0 Å².